The third-order valence-electron chi connectivity index (χ3n) is 4.79. The largest absolute Gasteiger partial charge is 0.493 e. The molecule has 0 radical (unpaired) electrons. The first-order valence-corrected chi connectivity index (χ1v) is 10.4. The number of aromatic nitrogens is 2. The SMILES string of the molecule is COc1cccc([C@H]2SCC(=O)Nc3c2c(C)nn3-c2ccc(Cl)cc2)c1OC. The lowest BCUT2D eigenvalue weighted by Crippen LogP contribution is -2.15. The summed E-state index contributed by atoms with van der Waals surface area (Å²) in [5, 5.41) is 8.24. The molecule has 8 heteroatoms. The van der Waals surface area contributed by atoms with Crippen LogP contribution >= 0.6 is 23.4 Å². The van der Waals surface area contributed by atoms with Crippen LogP contribution in [0.2, 0.25) is 5.02 Å². The molecule has 0 saturated heterocycles. The molecule has 1 amide bonds. The fourth-order valence-electron chi connectivity index (χ4n) is 3.52. The van der Waals surface area contributed by atoms with Crippen LogP contribution in [0, 0.1) is 6.92 Å². The molecule has 1 aliphatic heterocycles. The number of ether oxygens (including phenoxy) is 2. The van der Waals surface area contributed by atoms with E-state index in [4.69, 9.17) is 26.2 Å². The summed E-state index contributed by atoms with van der Waals surface area (Å²) in [6, 6.07) is 13.1. The summed E-state index contributed by atoms with van der Waals surface area (Å²) in [6.07, 6.45) is 0. The van der Waals surface area contributed by atoms with Gasteiger partial charge in [-0.3, -0.25) is 4.79 Å². The average Bonchev–Trinajstić information content (AvgIpc) is 2.93. The number of nitrogens with one attached hydrogen (secondary N) is 1. The smallest absolute Gasteiger partial charge is 0.235 e. The molecule has 1 N–H and O–H groups in total. The molecule has 1 atom stereocenters. The Labute approximate surface area is 178 Å². The monoisotopic (exact) mass is 429 g/mol. The normalized spacial score (nSPS) is 16.0. The maximum atomic E-state index is 12.5. The maximum Gasteiger partial charge on any atom is 0.235 e. The van der Waals surface area contributed by atoms with E-state index in [2.05, 4.69) is 5.32 Å². The molecule has 2 aromatic carbocycles. The van der Waals surface area contributed by atoms with E-state index in [-0.39, 0.29) is 11.2 Å². The number of aryl methyl sites for hydroxylation is 1. The summed E-state index contributed by atoms with van der Waals surface area (Å²) in [5.41, 5.74) is 3.54. The van der Waals surface area contributed by atoms with Gasteiger partial charge >= 0.3 is 0 Å². The van der Waals surface area contributed by atoms with Crippen molar-refractivity contribution in [1.82, 2.24) is 9.78 Å². The second kappa shape index (κ2) is 8.00. The van der Waals surface area contributed by atoms with Crippen molar-refractivity contribution in [3.63, 3.8) is 0 Å². The zero-order valence-corrected chi connectivity index (χ0v) is 17.8. The van der Waals surface area contributed by atoms with Gasteiger partial charge in [0.05, 0.1) is 36.6 Å². The standard InChI is InChI=1S/C21H20ClN3O3S/c1-12-18-20(15-5-4-6-16(27-2)19(15)28-3)29-11-17(26)23-21(18)25(24-12)14-9-7-13(22)8-10-14/h4-10,20H,11H2,1-3H3,(H,23,26)/t20-/m1/s1. The molecule has 150 valence electrons. The number of hydrogen-bond acceptors (Lipinski definition) is 5. The molecule has 0 saturated carbocycles. The van der Waals surface area contributed by atoms with E-state index >= 15 is 0 Å². The molecule has 0 aliphatic carbocycles. The summed E-state index contributed by atoms with van der Waals surface area (Å²) in [7, 11) is 3.24. The van der Waals surface area contributed by atoms with Crippen molar-refractivity contribution in [1.29, 1.82) is 0 Å². The Kier molecular flexibility index (Phi) is 5.43. The number of anilines is 1. The fourth-order valence-corrected chi connectivity index (χ4v) is 4.85. The Morgan fingerprint density at radius 3 is 2.62 bits per heavy atom. The van der Waals surface area contributed by atoms with Crippen LogP contribution in [0.15, 0.2) is 42.5 Å². The lowest BCUT2D eigenvalue weighted by Gasteiger charge is -2.20. The van der Waals surface area contributed by atoms with Crippen LogP contribution in [-0.4, -0.2) is 35.7 Å². The number of methoxy groups -OCH3 is 2. The van der Waals surface area contributed by atoms with Gasteiger partial charge in [-0.15, -0.1) is 11.8 Å². The van der Waals surface area contributed by atoms with Gasteiger partial charge in [-0.05, 0) is 37.3 Å². The minimum absolute atomic E-state index is 0.0734. The zero-order valence-electron chi connectivity index (χ0n) is 16.2. The van der Waals surface area contributed by atoms with Gasteiger partial charge in [-0.25, -0.2) is 4.68 Å². The van der Waals surface area contributed by atoms with E-state index in [1.54, 1.807) is 31.0 Å². The van der Waals surface area contributed by atoms with Crippen LogP contribution in [-0.2, 0) is 4.79 Å². The number of fused-ring (bicyclic) bond motifs is 1. The van der Waals surface area contributed by atoms with Crippen LogP contribution < -0.4 is 14.8 Å². The summed E-state index contributed by atoms with van der Waals surface area (Å²) in [6.45, 7) is 1.95. The van der Waals surface area contributed by atoms with Gasteiger partial charge in [0, 0.05) is 16.1 Å². The molecular formula is C21H20ClN3O3S. The lowest BCUT2D eigenvalue weighted by atomic mass is 10.0. The molecule has 1 aromatic heterocycles. The first-order valence-electron chi connectivity index (χ1n) is 9.01. The molecule has 0 spiro atoms. The first kappa shape index (κ1) is 19.7. The van der Waals surface area contributed by atoms with E-state index in [0.717, 1.165) is 22.5 Å². The van der Waals surface area contributed by atoms with Crippen molar-refractivity contribution in [3.05, 3.63) is 64.3 Å². The Morgan fingerprint density at radius 2 is 1.93 bits per heavy atom. The second-order valence-electron chi connectivity index (χ2n) is 6.56. The van der Waals surface area contributed by atoms with Gasteiger partial charge in [-0.1, -0.05) is 23.7 Å². The predicted octanol–water partition coefficient (Wildman–Crippen LogP) is 4.63. The number of amides is 1. The predicted molar refractivity (Wildman–Crippen MR) is 116 cm³/mol. The lowest BCUT2D eigenvalue weighted by molar-refractivity contribution is -0.113. The topological polar surface area (TPSA) is 65.4 Å². The fraction of sp³-hybridized carbons (Fsp3) is 0.238. The van der Waals surface area contributed by atoms with E-state index < -0.39 is 0 Å². The van der Waals surface area contributed by atoms with Crippen molar-refractivity contribution < 1.29 is 14.3 Å². The number of para-hydroxylation sites is 1. The molecular weight excluding hydrogens is 410 g/mol. The van der Waals surface area contributed by atoms with Gasteiger partial charge in [0.25, 0.3) is 0 Å². The van der Waals surface area contributed by atoms with Crippen LogP contribution in [0.3, 0.4) is 0 Å². The summed E-state index contributed by atoms with van der Waals surface area (Å²) < 4.78 is 12.9. The molecule has 0 bridgehead atoms. The van der Waals surface area contributed by atoms with Crippen molar-refractivity contribution in [2.24, 2.45) is 0 Å². The highest BCUT2D eigenvalue weighted by atomic mass is 35.5. The third kappa shape index (κ3) is 3.56. The molecule has 4 rings (SSSR count). The van der Waals surface area contributed by atoms with Crippen molar-refractivity contribution in [3.8, 4) is 17.2 Å². The Hall–Kier alpha value is -2.64. The number of carbonyl (C=O) groups excluding carboxylic acids is 1. The molecule has 3 aromatic rings. The maximum absolute atomic E-state index is 12.5. The van der Waals surface area contributed by atoms with Gasteiger partial charge in [0.1, 0.15) is 5.82 Å². The quantitative estimate of drug-likeness (QED) is 0.655. The zero-order chi connectivity index (χ0) is 20.5. The molecule has 2 heterocycles. The van der Waals surface area contributed by atoms with Crippen LogP contribution in [0.4, 0.5) is 5.82 Å². The Morgan fingerprint density at radius 1 is 1.17 bits per heavy atom. The first-order chi connectivity index (χ1) is 14.0. The van der Waals surface area contributed by atoms with Gasteiger partial charge in [0.2, 0.25) is 5.91 Å². The molecule has 0 unspecified atom stereocenters. The minimum Gasteiger partial charge on any atom is -0.493 e. The summed E-state index contributed by atoms with van der Waals surface area (Å²) in [4.78, 5) is 12.5. The van der Waals surface area contributed by atoms with Gasteiger partial charge < -0.3 is 14.8 Å². The Balaban J connectivity index is 1.91. The van der Waals surface area contributed by atoms with Crippen molar-refractivity contribution in [2.45, 2.75) is 12.2 Å². The number of rotatable bonds is 4. The summed E-state index contributed by atoms with van der Waals surface area (Å²) in [5.74, 6) is 2.22. The number of benzene rings is 2. The second-order valence-corrected chi connectivity index (χ2v) is 8.09. The number of halogens is 1. The Bertz CT molecular complexity index is 1070. The van der Waals surface area contributed by atoms with Gasteiger partial charge in [0.15, 0.2) is 11.5 Å². The van der Waals surface area contributed by atoms with E-state index in [0.29, 0.717) is 28.1 Å². The van der Waals surface area contributed by atoms with Gasteiger partial charge in [-0.2, -0.15) is 5.10 Å². The van der Waals surface area contributed by atoms with Crippen molar-refractivity contribution in [2.75, 3.05) is 25.3 Å². The highest BCUT2D eigenvalue weighted by Crippen LogP contribution is 2.48. The molecule has 0 fully saturated rings. The van der Waals surface area contributed by atoms with Crippen LogP contribution in [0.1, 0.15) is 22.1 Å². The highest BCUT2D eigenvalue weighted by Gasteiger charge is 2.32. The van der Waals surface area contributed by atoms with E-state index in [1.165, 1.54) is 11.8 Å². The number of nitrogens with zero attached hydrogens (tertiary/aromatic N) is 2. The molecule has 1 aliphatic rings. The number of hydrogen-bond donors (Lipinski definition) is 1. The van der Waals surface area contributed by atoms with Crippen LogP contribution in [0.5, 0.6) is 11.5 Å². The molecule has 29 heavy (non-hydrogen) atoms. The van der Waals surface area contributed by atoms with Crippen LogP contribution in [0.25, 0.3) is 5.69 Å². The average molecular weight is 430 g/mol. The number of carbonyl (C=O) groups is 1. The third-order valence-corrected chi connectivity index (χ3v) is 6.30. The summed E-state index contributed by atoms with van der Waals surface area (Å²) >= 11 is 7.57. The minimum atomic E-state index is -0.143. The van der Waals surface area contributed by atoms with E-state index in [1.807, 2.05) is 37.3 Å². The number of thioether (sulfide) groups is 1. The molecule has 6 nitrogen and oxygen atoms in total. The van der Waals surface area contributed by atoms with E-state index in [9.17, 15) is 4.79 Å². The highest BCUT2D eigenvalue weighted by molar-refractivity contribution is 8.00. The van der Waals surface area contributed by atoms with Crippen molar-refractivity contribution >= 4 is 35.1 Å².